The Kier molecular flexibility index (Phi) is 8.83. The first kappa shape index (κ1) is 24.8. The first-order valence-electron chi connectivity index (χ1n) is 15.2. The number of carbonyl (C=O) groups is 1. The summed E-state index contributed by atoms with van der Waals surface area (Å²) >= 11 is 0. The number of carbonyl (C=O) groups excluding carboxylic acids is 1. The molecular weight excluding hydrogens is 388 g/mol. The largest absolute Gasteiger partial charge is 0.298 e. The van der Waals surface area contributed by atoms with E-state index >= 15 is 0 Å². The van der Waals surface area contributed by atoms with Crippen LogP contribution in [0, 0.1) is 34.5 Å². The van der Waals surface area contributed by atoms with E-state index in [1.165, 1.54) is 141 Å². The summed E-state index contributed by atoms with van der Waals surface area (Å²) in [5.41, 5.74) is 0.283. The van der Waals surface area contributed by atoms with Crippen molar-refractivity contribution in [3.63, 3.8) is 0 Å². The van der Waals surface area contributed by atoms with Crippen LogP contribution in [0.3, 0.4) is 0 Å². The van der Waals surface area contributed by atoms with Gasteiger partial charge in [0.25, 0.3) is 0 Å². The first-order valence-corrected chi connectivity index (χ1v) is 15.2. The van der Waals surface area contributed by atoms with Gasteiger partial charge in [0.2, 0.25) is 0 Å². The van der Waals surface area contributed by atoms with Crippen molar-refractivity contribution < 1.29 is 4.79 Å². The van der Waals surface area contributed by atoms with E-state index in [1.54, 1.807) is 0 Å². The van der Waals surface area contributed by atoms with Crippen molar-refractivity contribution in [3.8, 4) is 0 Å². The monoisotopic (exact) mass is 442 g/mol. The second kappa shape index (κ2) is 11.4. The molecule has 1 heteroatoms. The molecule has 0 amide bonds. The van der Waals surface area contributed by atoms with Crippen LogP contribution in [0.5, 0.6) is 0 Å². The van der Waals surface area contributed by atoms with Crippen molar-refractivity contribution in [2.45, 2.75) is 155 Å². The molecule has 2 spiro atoms. The maximum Gasteiger partial charge on any atom is 0.145 e. The van der Waals surface area contributed by atoms with Crippen LogP contribution in [-0.4, -0.2) is 5.78 Å². The van der Waals surface area contributed by atoms with E-state index in [4.69, 9.17) is 0 Å². The van der Waals surface area contributed by atoms with Crippen molar-refractivity contribution in [1.82, 2.24) is 0 Å². The van der Waals surface area contributed by atoms with Gasteiger partial charge in [-0.25, -0.2) is 0 Å². The van der Waals surface area contributed by atoms with Crippen LogP contribution >= 0.6 is 0 Å². The normalized spacial score (nSPS) is 40.0. The zero-order chi connectivity index (χ0) is 22.4. The van der Waals surface area contributed by atoms with Crippen molar-refractivity contribution in [2.75, 3.05) is 0 Å². The van der Waals surface area contributed by atoms with Gasteiger partial charge >= 0.3 is 0 Å². The van der Waals surface area contributed by atoms with Gasteiger partial charge in [-0.3, -0.25) is 4.79 Å². The standard InChI is InChI=1S/C31H54O/c1-3-5-7-9-11-26-16-20-30(21-17-26)24-31(29(30)32)22-18-28(19-23-31)27-14-12-25(13-15-27)10-8-6-4-2/h25-28H,3-24H2,1-2H3/t25?,26?,27?,28-,30-,31-. The maximum absolute atomic E-state index is 13.6. The quantitative estimate of drug-likeness (QED) is 0.308. The van der Waals surface area contributed by atoms with Crippen LogP contribution in [0.1, 0.15) is 155 Å². The van der Waals surface area contributed by atoms with Gasteiger partial charge in [0, 0.05) is 10.8 Å². The zero-order valence-corrected chi connectivity index (χ0v) is 21.8. The van der Waals surface area contributed by atoms with Crippen molar-refractivity contribution in [3.05, 3.63) is 0 Å². The Labute approximate surface area is 200 Å². The molecule has 4 saturated carbocycles. The predicted octanol–water partition coefficient (Wildman–Crippen LogP) is 9.67. The Morgan fingerprint density at radius 3 is 1.62 bits per heavy atom. The number of unbranched alkanes of at least 4 members (excludes halogenated alkanes) is 5. The van der Waals surface area contributed by atoms with E-state index in [1.807, 2.05) is 0 Å². The summed E-state index contributed by atoms with van der Waals surface area (Å²) in [7, 11) is 0. The predicted molar refractivity (Wildman–Crippen MR) is 137 cm³/mol. The lowest BCUT2D eigenvalue weighted by Crippen LogP contribution is -2.59. The second-order valence-corrected chi connectivity index (χ2v) is 13.0. The lowest BCUT2D eigenvalue weighted by atomic mass is 9.42. The van der Waals surface area contributed by atoms with Gasteiger partial charge in [0.15, 0.2) is 0 Å². The van der Waals surface area contributed by atoms with Crippen molar-refractivity contribution in [1.29, 1.82) is 0 Å². The fourth-order valence-electron chi connectivity index (χ4n) is 8.75. The number of ketones is 1. The Bertz CT molecular complexity index is 567. The molecule has 0 bridgehead atoms. The Morgan fingerprint density at radius 1 is 0.594 bits per heavy atom. The van der Waals surface area contributed by atoms with Gasteiger partial charge in [0.1, 0.15) is 5.78 Å². The van der Waals surface area contributed by atoms with Crippen molar-refractivity contribution in [2.24, 2.45) is 34.5 Å². The molecule has 0 atom stereocenters. The Morgan fingerprint density at radius 2 is 1.06 bits per heavy atom. The molecule has 0 saturated heterocycles. The third-order valence-corrected chi connectivity index (χ3v) is 10.9. The number of Topliss-reactive ketones (excluding diaryl/α,β-unsaturated/α-hetero) is 1. The lowest BCUT2D eigenvalue weighted by Gasteiger charge is -2.59. The SMILES string of the molecule is CCCCCCC1CC[C@]2(CC1)C[C@@]1(CC[C@H](C3CCC(CCCCC)CC3)CC1)C2=O. The van der Waals surface area contributed by atoms with E-state index in [9.17, 15) is 4.79 Å². The molecule has 0 unspecified atom stereocenters. The summed E-state index contributed by atoms with van der Waals surface area (Å²) in [5.74, 6) is 4.63. The molecule has 0 aliphatic heterocycles. The summed E-state index contributed by atoms with van der Waals surface area (Å²) in [6.45, 7) is 4.62. The number of hydrogen-bond acceptors (Lipinski definition) is 1. The molecule has 0 aromatic carbocycles. The van der Waals surface area contributed by atoms with Gasteiger partial charge in [-0.15, -0.1) is 0 Å². The van der Waals surface area contributed by atoms with Gasteiger partial charge in [0.05, 0.1) is 0 Å². The highest BCUT2D eigenvalue weighted by atomic mass is 16.1. The molecule has 32 heavy (non-hydrogen) atoms. The van der Waals surface area contributed by atoms with E-state index < -0.39 is 0 Å². The molecule has 1 nitrogen and oxygen atoms in total. The van der Waals surface area contributed by atoms with Crippen LogP contribution in [0.2, 0.25) is 0 Å². The van der Waals surface area contributed by atoms with Crippen LogP contribution in [0.15, 0.2) is 0 Å². The van der Waals surface area contributed by atoms with Crippen LogP contribution in [0.25, 0.3) is 0 Å². The minimum Gasteiger partial charge on any atom is -0.298 e. The first-order chi connectivity index (χ1) is 15.6. The average molecular weight is 443 g/mol. The summed E-state index contributed by atoms with van der Waals surface area (Å²) < 4.78 is 0. The maximum atomic E-state index is 13.6. The smallest absolute Gasteiger partial charge is 0.145 e. The fourth-order valence-corrected chi connectivity index (χ4v) is 8.75. The summed E-state index contributed by atoms with van der Waals surface area (Å²) in [6, 6.07) is 0. The van der Waals surface area contributed by atoms with Crippen LogP contribution in [-0.2, 0) is 4.79 Å². The third kappa shape index (κ3) is 5.49. The van der Waals surface area contributed by atoms with Gasteiger partial charge < -0.3 is 0 Å². The highest BCUT2D eigenvalue weighted by Gasteiger charge is 2.63. The fraction of sp³-hybridized carbons (Fsp3) is 0.968. The molecule has 4 aliphatic rings. The third-order valence-electron chi connectivity index (χ3n) is 10.9. The highest BCUT2D eigenvalue weighted by Crippen LogP contribution is 2.64. The van der Waals surface area contributed by atoms with Gasteiger partial charge in [-0.05, 0) is 94.3 Å². The summed E-state index contributed by atoms with van der Waals surface area (Å²) in [4.78, 5) is 13.6. The molecule has 0 radical (unpaired) electrons. The highest BCUT2D eigenvalue weighted by molar-refractivity contribution is 5.96. The van der Waals surface area contributed by atoms with E-state index in [2.05, 4.69) is 13.8 Å². The Balaban J connectivity index is 1.16. The minimum absolute atomic E-state index is 0.141. The van der Waals surface area contributed by atoms with Gasteiger partial charge in [-0.1, -0.05) is 84.5 Å². The van der Waals surface area contributed by atoms with E-state index in [0.717, 1.165) is 29.5 Å². The van der Waals surface area contributed by atoms with Gasteiger partial charge in [-0.2, -0.15) is 0 Å². The molecule has 184 valence electrons. The summed E-state index contributed by atoms with van der Waals surface area (Å²) in [5, 5.41) is 0. The average Bonchev–Trinajstić information content (AvgIpc) is 2.84. The lowest BCUT2D eigenvalue weighted by molar-refractivity contribution is -0.169. The molecule has 0 aromatic heterocycles. The molecular formula is C31H54O. The molecule has 0 N–H and O–H groups in total. The van der Waals surface area contributed by atoms with Crippen molar-refractivity contribution >= 4 is 5.78 Å². The molecule has 4 rings (SSSR count). The second-order valence-electron chi connectivity index (χ2n) is 13.0. The van der Waals surface area contributed by atoms with Crippen LogP contribution < -0.4 is 0 Å². The van der Waals surface area contributed by atoms with Crippen LogP contribution in [0.4, 0.5) is 0 Å². The van der Waals surface area contributed by atoms with E-state index in [0.29, 0.717) is 0 Å². The molecule has 4 aliphatic carbocycles. The molecule has 0 aromatic rings. The zero-order valence-electron chi connectivity index (χ0n) is 21.8. The minimum atomic E-state index is 0.141. The number of hydrogen-bond donors (Lipinski definition) is 0. The van der Waals surface area contributed by atoms with E-state index in [-0.39, 0.29) is 10.8 Å². The Hall–Kier alpha value is -0.330. The number of rotatable bonds is 10. The molecule has 4 fully saturated rings. The topological polar surface area (TPSA) is 17.1 Å². The molecule has 0 heterocycles. The summed E-state index contributed by atoms with van der Waals surface area (Å²) in [6.07, 6.45) is 30.4.